The number of hydrogen-bond donors (Lipinski definition) is 0. The molecule has 1 aliphatic heterocycles. The number of anilines is 2. The Hall–Kier alpha value is -1.81. The summed E-state index contributed by atoms with van der Waals surface area (Å²) < 4.78 is 0. The molecule has 0 amide bonds. The summed E-state index contributed by atoms with van der Waals surface area (Å²) in [6, 6.07) is 15.5. The van der Waals surface area contributed by atoms with Crippen LogP contribution >= 0.6 is 11.8 Å². The second-order valence-corrected chi connectivity index (χ2v) is 4.51. The van der Waals surface area contributed by atoms with Gasteiger partial charge in [-0.25, -0.2) is 0 Å². The second-order valence-electron chi connectivity index (χ2n) is 3.43. The van der Waals surface area contributed by atoms with Crippen LogP contribution in [0.1, 0.15) is 0 Å². The van der Waals surface area contributed by atoms with E-state index in [1.54, 1.807) is 11.8 Å². The maximum atomic E-state index is 11.0. The second kappa shape index (κ2) is 3.64. The summed E-state index contributed by atoms with van der Waals surface area (Å²) in [5.74, 6) is 0. The first-order valence-electron chi connectivity index (χ1n) is 4.89. The Balaban J connectivity index is 2.23. The van der Waals surface area contributed by atoms with Crippen molar-refractivity contribution in [3.8, 4) is 0 Å². The van der Waals surface area contributed by atoms with Crippen LogP contribution in [0.15, 0.2) is 63.6 Å². The summed E-state index contributed by atoms with van der Waals surface area (Å²) in [6.45, 7) is 0. The van der Waals surface area contributed by atoms with Crippen molar-refractivity contribution in [2.75, 3.05) is 5.01 Å². The van der Waals surface area contributed by atoms with Crippen LogP contribution in [0.25, 0.3) is 0 Å². The zero-order valence-corrected chi connectivity index (χ0v) is 9.15. The molecule has 0 spiro atoms. The topological polar surface area (TPSA) is 32.7 Å². The molecule has 0 bridgehead atoms. The number of nitroso groups, excluding NO2 is 1. The SMILES string of the molecule is O=NN1c2ccccc2Sc2ccccc21. The van der Waals surface area contributed by atoms with Gasteiger partial charge in [0.15, 0.2) is 0 Å². The first-order valence-corrected chi connectivity index (χ1v) is 5.71. The number of nitrogens with zero attached hydrogens (tertiary/aromatic N) is 2. The summed E-state index contributed by atoms with van der Waals surface area (Å²) in [7, 11) is 0. The van der Waals surface area contributed by atoms with Crippen LogP contribution in [-0.4, -0.2) is 0 Å². The van der Waals surface area contributed by atoms with E-state index in [0.29, 0.717) is 0 Å². The Morgan fingerprint density at radius 1 is 0.875 bits per heavy atom. The predicted molar refractivity (Wildman–Crippen MR) is 64.9 cm³/mol. The molecule has 0 atom stereocenters. The molecule has 0 saturated heterocycles. The maximum Gasteiger partial charge on any atom is 0.0824 e. The third-order valence-corrected chi connectivity index (χ3v) is 3.62. The lowest BCUT2D eigenvalue weighted by atomic mass is 10.2. The van der Waals surface area contributed by atoms with Crippen molar-refractivity contribution in [1.29, 1.82) is 0 Å². The average molecular weight is 228 g/mol. The lowest BCUT2D eigenvalue weighted by molar-refractivity contribution is 1.01. The zero-order chi connectivity index (χ0) is 11.0. The van der Waals surface area contributed by atoms with Gasteiger partial charge in [-0.1, -0.05) is 36.0 Å². The predicted octanol–water partition coefficient (Wildman–Crippen LogP) is 3.97. The number of fused-ring (bicyclic) bond motifs is 2. The fourth-order valence-electron chi connectivity index (χ4n) is 1.77. The van der Waals surface area contributed by atoms with Gasteiger partial charge >= 0.3 is 0 Å². The quantitative estimate of drug-likeness (QED) is 0.692. The van der Waals surface area contributed by atoms with Crippen LogP contribution in [0.2, 0.25) is 0 Å². The van der Waals surface area contributed by atoms with Crippen molar-refractivity contribution in [3.05, 3.63) is 53.4 Å². The van der Waals surface area contributed by atoms with E-state index >= 15 is 0 Å². The summed E-state index contributed by atoms with van der Waals surface area (Å²) in [5.41, 5.74) is 1.70. The smallest absolute Gasteiger partial charge is 0.0824 e. The van der Waals surface area contributed by atoms with Gasteiger partial charge in [0.25, 0.3) is 0 Å². The van der Waals surface area contributed by atoms with E-state index in [-0.39, 0.29) is 0 Å². The molecule has 0 fully saturated rings. The molecule has 2 aromatic rings. The summed E-state index contributed by atoms with van der Waals surface area (Å²) in [4.78, 5) is 13.1. The molecule has 0 saturated carbocycles. The minimum atomic E-state index is 0.848. The fraction of sp³-hybridized carbons (Fsp3) is 0. The van der Waals surface area contributed by atoms with Crippen LogP contribution in [0.3, 0.4) is 0 Å². The van der Waals surface area contributed by atoms with Crippen LogP contribution in [-0.2, 0) is 0 Å². The lowest BCUT2D eigenvalue weighted by Crippen LogP contribution is -2.12. The third kappa shape index (κ3) is 1.31. The van der Waals surface area contributed by atoms with E-state index in [2.05, 4.69) is 5.29 Å². The van der Waals surface area contributed by atoms with E-state index in [1.165, 1.54) is 5.01 Å². The van der Waals surface area contributed by atoms with Crippen molar-refractivity contribution in [3.63, 3.8) is 0 Å². The first kappa shape index (κ1) is 9.42. The molecular formula is C12H8N2OS. The Morgan fingerprint density at radius 2 is 1.38 bits per heavy atom. The molecular weight excluding hydrogens is 220 g/mol. The molecule has 1 aliphatic rings. The van der Waals surface area contributed by atoms with E-state index in [0.717, 1.165) is 21.2 Å². The molecule has 1 heterocycles. The number of rotatable bonds is 1. The molecule has 78 valence electrons. The molecule has 2 aromatic carbocycles. The molecule has 16 heavy (non-hydrogen) atoms. The van der Waals surface area contributed by atoms with Crippen molar-refractivity contribution in [1.82, 2.24) is 0 Å². The summed E-state index contributed by atoms with van der Waals surface area (Å²) >= 11 is 1.66. The molecule has 3 rings (SSSR count). The zero-order valence-electron chi connectivity index (χ0n) is 8.33. The Morgan fingerprint density at radius 3 is 1.88 bits per heavy atom. The normalized spacial score (nSPS) is 12.9. The van der Waals surface area contributed by atoms with Gasteiger partial charge in [-0.2, -0.15) is 5.01 Å². The minimum Gasteiger partial charge on any atom is -0.195 e. The van der Waals surface area contributed by atoms with Crippen molar-refractivity contribution >= 4 is 23.1 Å². The first-order chi connectivity index (χ1) is 7.90. The van der Waals surface area contributed by atoms with E-state index in [9.17, 15) is 4.91 Å². The van der Waals surface area contributed by atoms with Crippen molar-refractivity contribution in [2.24, 2.45) is 5.29 Å². The van der Waals surface area contributed by atoms with Crippen LogP contribution < -0.4 is 5.01 Å². The van der Waals surface area contributed by atoms with E-state index < -0.39 is 0 Å². The Kier molecular flexibility index (Phi) is 2.15. The minimum absolute atomic E-state index is 0.848. The third-order valence-electron chi connectivity index (χ3n) is 2.49. The van der Waals surface area contributed by atoms with Crippen LogP contribution in [0.5, 0.6) is 0 Å². The lowest BCUT2D eigenvalue weighted by Gasteiger charge is -2.25. The van der Waals surface area contributed by atoms with Crippen LogP contribution in [0.4, 0.5) is 11.4 Å². The van der Waals surface area contributed by atoms with Gasteiger partial charge in [0.2, 0.25) is 0 Å². The van der Waals surface area contributed by atoms with Crippen molar-refractivity contribution < 1.29 is 0 Å². The summed E-state index contributed by atoms with van der Waals surface area (Å²) in [5, 5.41) is 4.55. The van der Waals surface area contributed by atoms with E-state index in [1.807, 2.05) is 48.5 Å². The monoisotopic (exact) mass is 228 g/mol. The van der Waals surface area contributed by atoms with Gasteiger partial charge < -0.3 is 0 Å². The highest BCUT2D eigenvalue weighted by atomic mass is 32.2. The number of hydrogen-bond acceptors (Lipinski definition) is 3. The number of benzene rings is 2. The van der Waals surface area contributed by atoms with Crippen LogP contribution in [0, 0.1) is 4.91 Å². The van der Waals surface area contributed by atoms with Gasteiger partial charge in [-0.15, -0.1) is 4.91 Å². The molecule has 3 nitrogen and oxygen atoms in total. The van der Waals surface area contributed by atoms with E-state index in [4.69, 9.17) is 0 Å². The maximum absolute atomic E-state index is 11.0. The highest BCUT2D eigenvalue weighted by Crippen LogP contribution is 2.47. The van der Waals surface area contributed by atoms with Gasteiger partial charge in [0.1, 0.15) is 0 Å². The summed E-state index contributed by atoms with van der Waals surface area (Å²) in [6.07, 6.45) is 0. The standard InChI is InChI=1S/C12H8N2OS/c15-13-14-9-5-1-3-7-11(9)16-12-8-4-2-6-10(12)14/h1-8H. The fourth-order valence-corrected chi connectivity index (χ4v) is 2.82. The molecule has 0 radical (unpaired) electrons. The van der Waals surface area contributed by atoms with Crippen molar-refractivity contribution in [2.45, 2.75) is 9.79 Å². The largest absolute Gasteiger partial charge is 0.195 e. The molecule has 0 unspecified atom stereocenters. The average Bonchev–Trinajstić information content (AvgIpc) is 2.36. The molecule has 4 heteroatoms. The molecule has 0 N–H and O–H groups in total. The molecule has 0 aliphatic carbocycles. The highest BCUT2D eigenvalue weighted by molar-refractivity contribution is 7.99. The van der Waals surface area contributed by atoms with Gasteiger partial charge in [-0.05, 0) is 24.3 Å². The highest BCUT2D eigenvalue weighted by Gasteiger charge is 2.23. The molecule has 0 aromatic heterocycles. The number of para-hydroxylation sites is 2. The van der Waals surface area contributed by atoms with Gasteiger partial charge in [0, 0.05) is 9.79 Å². The van der Waals surface area contributed by atoms with Gasteiger partial charge in [-0.3, -0.25) is 0 Å². The Labute approximate surface area is 97.0 Å². The van der Waals surface area contributed by atoms with Gasteiger partial charge in [0.05, 0.1) is 16.7 Å². The Bertz CT molecular complexity index is 511.